The molecule has 61 heavy (non-hydrogen) atoms. The first-order valence-electron chi connectivity index (χ1n) is 27.9. The van der Waals surface area contributed by atoms with Gasteiger partial charge in [0.05, 0.1) is 18.8 Å². The van der Waals surface area contributed by atoms with Crippen LogP contribution in [0.4, 0.5) is 0 Å². The van der Waals surface area contributed by atoms with E-state index in [-0.39, 0.29) is 0 Å². The molecule has 0 aliphatic heterocycles. The summed E-state index contributed by atoms with van der Waals surface area (Å²) in [6.07, 6.45) is 57.5. The van der Waals surface area contributed by atoms with Crippen molar-refractivity contribution in [2.75, 3.05) is 6.61 Å². The first-order valence-corrected chi connectivity index (χ1v) is 27.9. The summed E-state index contributed by atoms with van der Waals surface area (Å²) in [6.45, 7) is 4.09. The van der Waals surface area contributed by atoms with Crippen LogP contribution in [0.5, 0.6) is 0 Å². The lowest BCUT2D eigenvalue weighted by Crippen LogP contribution is -2.53. The summed E-state index contributed by atoms with van der Waals surface area (Å²) < 4.78 is 0. The van der Waals surface area contributed by atoms with Crippen LogP contribution in [0.1, 0.15) is 316 Å². The predicted octanol–water partition coefficient (Wildman–Crippen LogP) is 15.9. The Kier molecular flexibility index (Phi) is 49.7. The third kappa shape index (κ3) is 44.3. The fraction of sp³-hybridized carbons (Fsp3) is 0.982. The highest BCUT2D eigenvalue weighted by molar-refractivity contribution is 5.80. The molecule has 0 aliphatic carbocycles. The maximum absolute atomic E-state index is 12.6. The van der Waals surface area contributed by atoms with Crippen LogP contribution in [-0.4, -0.2) is 57.3 Å². The minimum absolute atomic E-state index is 0.376. The van der Waals surface area contributed by atoms with Crippen molar-refractivity contribution in [3.8, 4) is 0 Å². The molecular formula is C55H111NO5. The van der Waals surface area contributed by atoms with Gasteiger partial charge in [0, 0.05) is 0 Å². The van der Waals surface area contributed by atoms with E-state index in [4.69, 9.17) is 0 Å². The molecule has 0 saturated carbocycles. The number of carbonyl (C=O) groups is 1. The summed E-state index contributed by atoms with van der Waals surface area (Å²) in [6, 6.07) is -0.980. The summed E-state index contributed by atoms with van der Waals surface area (Å²) >= 11 is 0. The number of nitrogens with one attached hydrogen (secondary N) is 1. The zero-order chi connectivity index (χ0) is 44.5. The second kappa shape index (κ2) is 50.3. The average molecular weight is 866 g/mol. The molecule has 0 saturated heterocycles. The second-order valence-electron chi connectivity index (χ2n) is 19.7. The summed E-state index contributed by atoms with van der Waals surface area (Å²) in [7, 11) is 0. The van der Waals surface area contributed by atoms with Gasteiger partial charge in [0.1, 0.15) is 12.2 Å². The summed E-state index contributed by atoms with van der Waals surface area (Å²) in [4.78, 5) is 12.6. The molecular weight excluding hydrogens is 755 g/mol. The Balaban J connectivity index is 3.54. The Labute approximate surface area is 381 Å². The fourth-order valence-corrected chi connectivity index (χ4v) is 9.17. The Morgan fingerprint density at radius 2 is 0.557 bits per heavy atom. The maximum Gasteiger partial charge on any atom is 0.249 e. The van der Waals surface area contributed by atoms with Gasteiger partial charge in [0.15, 0.2) is 0 Å². The molecule has 366 valence electrons. The number of aliphatic hydroxyl groups excluding tert-OH is 4. The highest BCUT2D eigenvalue weighted by atomic mass is 16.3. The molecule has 0 heterocycles. The molecule has 1 amide bonds. The van der Waals surface area contributed by atoms with E-state index in [1.807, 2.05) is 0 Å². The first kappa shape index (κ1) is 60.3. The molecule has 4 atom stereocenters. The summed E-state index contributed by atoms with van der Waals surface area (Å²) in [5.41, 5.74) is 0. The average Bonchev–Trinajstić information content (AvgIpc) is 3.26. The number of hydrogen-bond acceptors (Lipinski definition) is 5. The van der Waals surface area contributed by atoms with Crippen molar-refractivity contribution in [3.63, 3.8) is 0 Å². The van der Waals surface area contributed by atoms with Crippen LogP contribution < -0.4 is 5.32 Å². The van der Waals surface area contributed by atoms with E-state index in [0.29, 0.717) is 12.8 Å². The number of amides is 1. The van der Waals surface area contributed by atoms with Crippen LogP contribution in [-0.2, 0) is 4.79 Å². The monoisotopic (exact) mass is 866 g/mol. The van der Waals surface area contributed by atoms with Crippen LogP contribution in [0.15, 0.2) is 0 Å². The molecule has 0 rings (SSSR count). The van der Waals surface area contributed by atoms with Crippen molar-refractivity contribution >= 4 is 5.91 Å². The quantitative estimate of drug-likeness (QED) is 0.0391. The lowest BCUT2D eigenvalue weighted by atomic mass is 9.99. The van der Waals surface area contributed by atoms with Crippen molar-refractivity contribution in [2.24, 2.45) is 0 Å². The van der Waals surface area contributed by atoms with E-state index in [1.54, 1.807) is 0 Å². The van der Waals surface area contributed by atoms with Crippen molar-refractivity contribution in [3.05, 3.63) is 0 Å². The van der Waals surface area contributed by atoms with Gasteiger partial charge in [0.25, 0.3) is 0 Å². The highest BCUT2D eigenvalue weighted by Crippen LogP contribution is 2.19. The molecule has 0 radical (unpaired) electrons. The van der Waals surface area contributed by atoms with Gasteiger partial charge in [0.2, 0.25) is 5.91 Å². The Morgan fingerprint density at radius 1 is 0.344 bits per heavy atom. The summed E-state index contributed by atoms with van der Waals surface area (Å²) in [5.74, 6) is -0.576. The van der Waals surface area contributed by atoms with Gasteiger partial charge in [-0.25, -0.2) is 0 Å². The van der Waals surface area contributed by atoms with Crippen LogP contribution in [0.25, 0.3) is 0 Å². The lowest BCUT2D eigenvalue weighted by molar-refractivity contribution is -0.132. The fourth-order valence-electron chi connectivity index (χ4n) is 9.17. The number of carbonyl (C=O) groups excluding carboxylic acids is 1. The maximum atomic E-state index is 12.6. The first-order chi connectivity index (χ1) is 30.0. The molecule has 0 aliphatic rings. The highest BCUT2D eigenvalue weighted by Gasteiger charge is 2.28. The van der Waals surface area contributed by atoms with E-state index in [9.17, 15) is 25.2 Å². The molecule has 6 nitrogen and oxygen atoms in total. The second-order valence-corrected chi connectivity index (χ2v) is 19.7. The Hall–Kier alpha value is -0.690. The van der Waals surface area contributed by atoms with Crippen LogP contribution in [0.3, 0.4) is 0 Å². The van der Waals surface area contributed by atoms with Crippen molar-refractivity contribution in [1.29, 1.82) is 0 Å². The number of rotatable bonds is 52. The van der Waals surface area contributed by atoms with Gasteiger partial charge in [-0.15, -0.1) is 0 Å². The third-order valence-electron chi connectivity index (χ3n) is 13.6. The van der Waals surface area contributed by atoms with E-state index < -0.39 is 36.9 Å². The van der Waals surface area contributed by atoms with Crippen molar-refractivity contribution in [1.82, 2.24) is 5.32 Å². The normalized spacial score (nSPS) is 13.7. The van der Waals surface area contributed by atoms with Gasteiger partial charge in [-0.2, -0.15) is 0 Å². The molecule has 0 spiro atoms. The molecule has 0 aromatic carbocycles. The summed E-state index contributed by atoms with van der Waals surface area (Å²) in [5, 5.41) is 43.9. The SMILES string of the molecule is CCCCCCCCCCCCCCCCCCCCCCCCCCCCCCCCC(O)C(=O)NC(CO)C(O)C(O)CCCCCCCCCCCCCCCCC. The minimum Gasteiger partial charge on any atom is -0.394 e. The van der Waals surface area contributed by atoms with E-state index in [1.165, 1.54) is 250 Å². The molecule has 4 unspecified atom stereocenters. The molecule has 5 N–H and O–H groups in total. The number of unbranched alkanes of at least 4 members (excludes halogenated alkanes) is 43. The molecule has 0 aromatic rings. The van der Waals surface area contributed by atoms with E-state index >= 15 is 0 Å². The van der Waals surface area contributed by atoms with E-state index in [0.717, 1.165) is 38.5 Å². The van der Waals surface area contributed by atoms with Gasteiger partial charge < -0.3 is 25.7 Å². The smallest absolute Gasteiger partial charge is 0.249 e. The van der Waals surface area contributed by atoms with Crippen LogP contribution in [0.2, 0.25) is 0 Å². The van der Waals surface area contributed by atoms with Crippen molar-refractivity contribution in [2.45, 2.75) is 340 Å². The van der Waals surface area contributed by atoms with E-state index in [2.05, 4.69) is 19.2 Å². The minimum atomic E-state index is -1.25. The Bertz CT molecular complexity index is 841. The number of hydrogen-bond donors (Lipinski definition) is 5. The third-order valence-corrected chi connectivity index (χ3v) is 13.6. The van der Waals surface area contributed by atoms with Crippen molar-refractivity contribution < 1.29 is 25.2 Å². The zero-order valence-corrected chi connectivity index (χ0v) is 41.4. The molecule has 0 bridgehead atoms. The van der Waals surface area contributed by atoms with Crippen LogP contribution in [0, 0.1) is 0 Å². The number of aliphatic hydroxyl groups is 4. The zero-order valence-electron chi connectivity index (χ0n) is 41.4. The lowest BCUT2D eigenvalue weighted by Gasteiger charge is -2.27. The molecule has 0 fully saturated rings. The molecule has 6 heteroatoms. The van der Waals surface area contributed by atoms with Crippen LogP contribution >= 0.6 is 0 Å². The van der Waals surface area contributed by atoms with Gasteiger partial charge in [-0.3, -0.25) is 4.79 Å². The van der Waals surface area contributed by atoms with Gasteiger partial charge in [-0.1, -0.05) is 303 Å². The largest absolute Gasteiger partial charge is 0.394 e. The predicted molar refractivity (Wildman–Crippen MR) is 265 cm³/mol. The topological polar surface area (TPSA) is 110 Å². The Morgan fingerprint density at radius 3 is 0.787 bits per heavy atom. The standard InChI is InChI=1S/C55H111NO5/c1-3-5-7-9-11-13-15-17-19-20-21-22-23-24-25-26-27-28-29-30-31-32-33-35-37-39-41-43-45-47-49-53(59)55(61)56-51(50-57)54(60)52(58)48-46-44-42-40-38-36-34-18-16-14-12-10-8-6-4-2/h51-54,57-60H,3-50H2,1-2H3,(H,56,61). The van der Waals surface area contributed by atoms with Gasteiger partial charge in [-0.05, 0) is 12.8 Å². The molecule has 0 aromatic heterocycles. The van der Waals surface area contributed by atoms with Gasteiger partial charge >= 0.3 is 0 Å².